The van der Waals surface area contributed by atoms with E-state index in [1.165, 1.54) is 10.7 Å². The Hall–Kier alpha value is -5.29. The lowest BCUT2D eigenvalue weighted by Gasteiger charge is -2.41. The van der Waals surface area contributed by atoms with Crippen LogP contribution in [-0.4, -0.2) is 68.5 Å². The second kappa shape index (κ2) is 16.2. The predicted octanol–water partition coefficient (Wildman–Crippen LogP) is 9.20. The maximum Gasteiger partial charge on any atom is 0.410 e. The van der Waals surface area contributed by atoms with E-state index in [9.17, 15) is 4.79 Å². The Kier molecular flexibility index (Phi) is 11.2. The third-order valence-electron chi connectivity index (χ3n) is 10.6. The number of piperidine rings is 1. The quantitative estimate of drug-likeness (QED) is 0.141. The van der Waals surface area contributed by atoms with Gasteiger partial charge in [-0.3, -0.25) is 9.58 Å². The summed E-state index contributed by atoms with van der Waals surface area (Å²) in [4.78, 5) is 21.4. The molecule has 2 aliphatic rings. The van der Waals surface area contributed by atoms with E-state index in [1.807, 2.05) is 87.5 Å². The van der Waals surface area contributed by atoms with E-state index in [0.717, 1.165) is 24.0 Å². The summed E-state index contributed by atoms with van der Waals surface area (Å²) in [7, 11) is 1.67. The average molecular weight is 750 g/mol. The summed E-state index contributed by atoms with van der Waals surface area (Å²) in [6.45, 7) is 11.0. The first-order valence-corrected chi connectivity index (χ1v) is 19.1. The summed E-state index contributed by atoms with van der Waals surface area (Å²) in [5, 5.41) is 5.03. The lowest BCUT2D eigenvalue weighted by molar-refractivity contribution is 0.0139. The molecule has 1 amide bonds. The standard InChI is InChI=1S/C44H49F2N5O4/c1-29(32-18-24-51(25-19-32)43(52)55-44(2,3)4)50-22-20-33(21-23-50)38-36(45)26-35-40(48-49(5)41(35)39(38)46)34-16-17-37(53-27-30-12-8-6-9-13-30)47-42(34)54-28-31-14-10-7-11-15-31/h6-17,20,26,29,32H,18-19,21-25,27-28H2,1-5H3. The zero-order valence-corrected chi connectivity index (χ0v) is 32.2. The molecule has 11 heteroatoms. The molecule has 7 rings (SSSR count). The number of halogens is 2. The largest absolute Gasteiger partial charge is 0.473 e. The lowest BCUT2D eigenvalue weighted by atomic mass is 9.88. The Labute approximate surface area is 321 Å². The monoisotopic (exact) mass is 749 g/mol. The highest BCUT2D eigenvalue weighted by atomic mass is 19.1. The summed E-state index contributed by atoms with van der Waals surface area (Å²) < 4.78 is 52.0. The van der Waals surface area contributed by atoms with E-state index in [1.54, 1.807) is 24.1 Å². The van der Waals surface area contributed by atoms with Crippen LogP contribution in [0.25, 0.3) is 27.7 Å². The van der Waals surface area contributed by atoms with Gasteiger partial charge in [0.1, 0.15) is 35.8 Å². The molecular weight excluding hydrogens is 701 g/mol. The molecule has 3 aromatic carbocycles. The van der Waals surface area contributed by atoms with Crippen LogP contribution in [0.2, 0.25) is 0 Å². The van der Waals surface area contributed by atoms with Gasteiger partial charge in [0.05, 0.1) is 11.1 Å². The van der Waals surface area contributed by atoms with Crippen molar-refractivity contribution in [3.63, 3.8) is 0 Å². The molecule has 1 unspecified atom stereocenters. The molecule has 0 aliphatic carbocycles. The summed E-state index contributed by atoms with van der Waals surface area (Å²) in [6, 6.07) is 24.6. The lowest BCUT2D eigenvalue weighted by Crippen LogP contribution is -2.47. The third kappa shape index (κ3) is 8.67. The minimum absolute atomic E-state index is 0.0108. The van der Waals surface area contributed by atoms with E-state index in [2.05, 4.69) is 11.8 Å². The van der Waals surface area contributed by atoms with Crippen molar-refractivity contribution in [3.8, 4) is 23.0 Å². The van der Waals surface area contributed by atoms with Crippen LogP contribution in [0.3, 0.4) is 0 Å². The van der Waals surface area contributed by atoms with Crippen LogP contribution in [0.1, 0.15) is 63.6 Å². The first kappa shape index (κ1) is 38.0. The third-order valence-corrected chi connectivity index (χ3v) is 10.6. The molecule has 0 spiro atoms. The normalized spacial score (nSPS) is 16.2. The van der Waals surface area contributed by atoms with Crippen molar-refractivity contribution in [2.24, 2.45) is 13.0 Å². The van der Waals surface area contributed by atoms with Gasteiger partial charge in [-0.15, -0.1) is 0 Å². The smallest absolute Gasteiger partial charge is 0.410 e. The van der Waals surface area contributed by atoms with Gasteiger partial charge in [-0.25, -0.2) is 13.6 Å². The highest BCUT2D eigenvalue weighted by Gasteiger charge is 2.33. The zero-order chi connectivity index (χ0) is 38.7. The molecule has 288 valence electrons. The maximum absolute atomic E-state index is 16.6. The Bertz CT molecular complexity index is 2160. The number of aryl methyl sites for hydroxylation is 1. The van der Waals surface area contributed by atoms with Crippen LogP contribution in [0.15, 0.2) is 84.9 Å². The minimum atomic E-state index is -0.638. The van der Waals surface area contributed by atoms with E-state index in [-0.39, 0.29) is 35.7 Å². The van der Waals surface area contributed by atoms with Crippen LogP contribution in [0, 0.1) is 17.6 Å². The summed E-state index contributed by atoms with van der Waals surface area (Å²) >= 11 is 0. The number of carbonyl (C=O) groups is 1. The summed E-state index contributed by atoms with van der Waals surface area (Å²) in [6.07, 6.45) is 3.97. The van der Waals surface area contributed by atoms with Crippen molar-refractivity contribution in [1.29, 1.82) is 0 Å². The molecule has 55 heavy (non-hydrogen) atoms. The van der Waals surface area contributed by atoms with Crippen LogP contribution in [-0.2, 0) is 25.0 Å². The van der Waals surface area contributed by atoms with E-state index in [0.29, 0.717) is 73.2 Å². The Morgan fingerprint density at radius 2 is 1.56 bits per heavy atom. The van der Waals surface area contributed by atoms with E-state index >= 15 is 8.78 Å². The molecule has 2 aliphatic heterocycles. The number of carbonyl (C=O) groups excluding carboxylic acids is 1. The fourth-order valence-electron chi connectivity index (χ4n) is 7.58. The molecule has 0 bridgehead atoms. The number of hydrogen-bond acceptors (Lipinski definition) is 7. The fraction of sp³-hybridized carbons (Fsp3) is 0.386. The van der Waals surface area contributed by atoms with Gasteiger partial charge in [-0.1, -0.05) is 66.7 Å². The van der Waals surface area contributed by atoms with Gasteiger partial charge in [0, 0.05) is 50.7 Å². The second-order valence-corrected chi connectivity index (χ2v) is 15.5. The highest BCUT2D eigenvalue weighted by Crippen LogP contribution is 2.40. The van der Waals surface area contributed by atoms with Gasteiger partial charge < -0.3 is 19.1 Å². The number of fused-ring (bicyclic) bond motifs is 1. The van der Waals surface area contributed by atoms with Crippen molar-refractivity contribution in [1.82, 2.24) is 24.6 Å². The van der Waals surface area contributed by atoms with Crippen molar-refractivity contribution in [2.45, 2.75) is 71.8 Å². The molecular formula is C44H49F2N5O4. The molecule has 9 nitrogen and oxygen atoms in total. The average Bonchev–Trinajstić information content (AvgIpc) is 3.51. The maximum atomic E-state index is 16.6. The number of amides is 1. The molecule has 4 heterocycles. The SMILES string of the molecule is CC(C1CCN(C(=O)OC(C)(C)C)CC1)N1CC=C(c2c(F)cc3c(-c4ccc(OCc5ccccc5)nc4OCc4ccccc4)nn(C)c3c2F)CC1. The van der Waals surface area contributed by atoms with Crippen molar-refractivity contribution < 1.29 is 27.8 Å². The molecule has 1 fully saturated rings. The molecule has 0 N–H and O–H groups in total. The number of benzene rings is 3. The van der Waals surface area contributed by atoms with Crippen LogP contribution in [0.5, 0.6) is 11.8 Å². The number of nitrogens with zero attached hydrogens (tertiary/aromatic N) is 5. The number of hydrogen-bond donors (Lipinski definition) is 0. The van der Waals surface area contributed by atoms with E-state index < -0.39 is 17.2 Å². The molecule has 1 atom stereocenters. The topological polar surface area (TPSA) is 82.0 Å². The molecule has 1 saturated heterocycles. The number of pyridine rings is 1. The zero-order valence-electron chi connectivity index (χ0n) is 32.2. The number of rotatable bonds is 10. The van der Waals surface area contributed by atoms with Crippen molar-refractivity contribution in [3.05, 3.63) is 113 Å². The van der Waals surface area contributed by atoms with Crippen molar-refractivity contribution in [2.75, 3.05) is 26.2 Å². The highest BCUT2D eigenvalue weighted by molar-refractivity contribution is 5.96. The first-order chi connectivity index (χ1) is 26.4. The van der Waals surface area contributed by atoms with Gasteiger partial charge in [-0.2, -0.15) is 10.1 Å². The van der Waals surface area contributed by atoms with Gasteiger partial charge >= 0.3 is 6.09 Å². The van der Waals surface area contributed by atoms with Gasteiger partial charge in [0.25, 0.3) is 0 Å². The van der Waals surface area contributed by atoms with Gasteiger partial charge in [0.15, 0.2) is 5.82 Å². The predicted molar refractivity (Wildman–Crippen MR) is 210 cm³/mol. The number of likely N-dealkylation sites (tertiary alicyclic amines) is 1. The van der Waals surface area contributed by atoms with Crippen LogP contribution < -0.4 is 9.47 Å². The first-order valence-electron chi connectivity index (χ1n) is 19.1. The second-order valence-electron chi connectivity index (χ2n) is 15.5. The molecule has 0 saturated carbocycles. The Morgan fingerprint density at radius 1 is 0.909 bits per heavy atom. The summed E-state index contributed by atoms with van der Waals surface area (Å²) in [5.41, 5.74) is 3.12. The Balaban J connectivity index is 1.10. The van der Waals surface area contributed by atoms with E-state index in [4.69, 9.17) is 24.3 Å². The fourth-order valence-corrected chi connectivity index (χ4v) is 7.58. The van der Waals surface area contributed by atoms with Gasteiger partial charge in [0.2, 0.25) is 11.8 Å². The summed E-state index contributed by atoms with van der Waals surface area (Å²) in [5.74, 6) is -0.259. The molecule has 2 aromatic heterocycles. The Morgan fingerprint density at radius 3 is 2.18 bits per heavy atom. The van der Waals surface area contributed by atoms with Crippen molar-refractivity contribution >= 4 is 22.6 Å². The minimum Gasteiger partial charge on any atom is -0.473 e. The number of ether oxygens (including phenoxy) is 3. The molecule has 0 radical (unpaired) electrons. The van der Waals surface area contributed by atoms with Gasteiger partial charge in [-0.05, 0) is 81.7 Å². The van der Waals surface area contributed by atoms with Crippen LogP contribution in [0.4, 0.5) is 13.6 Å². The number of aromatic nitrogens is 3. The molecule has 5 aromatic rings. The van der Waals surface area contributed by atoms with Crippen LogP contribution >= 0.6 is 0 Å².